The summed E-state index contributed by atoms with van der Waals surface area (Å²) in [5.74, 6) is 2.45. The zero-order valence-electron chi connectivity index (χ0n) is 29.4. The van der Waals surface area contributed by atoms with Gasteiger partial charge in [0.05, 0.1) is 0 Å². The first-order valence-corrected chi connectivity index (χ1v) is 17.2. The Balaban J connectivity index is 1.80. The van der Waals surface area contributed by atoms with E-state index in [2.05, 4.69) is 115 Å². The monoisotopic (exact) mass is 559 g/mol. The molecule has 2 saturated carbocycles. The van der Waals surface area contributed by atoms with Crippen LogP contribution in [0, 0.1) is 56.2 Å². The highest BCUT2D eigenvalue weighted by atomic mass is 14.7. The predicted octanol–water partition coefficient (Wildman–Crippen LogP) is 12.7. The number of hydrogen-bond donors (Lipinski definition) is 0. The molecule has 0 bridgehead atoms. The maximum Gasteiger partial charge on any atom is -0.00106 e. The highest BCUT2D eigenvalue weighted by molar-refractivity contribution is 5.52. The number of rotatable bonds is 9. The Bertz CT molecular complexity index is 1160. The van der Waals surface area contributed by atoms with E-state index in [1.165, 1.54) is 68.1 Å². The van der Waals surface area contributed by atoms with Gasteiger partial charge in [-0.1, -0.05) is 111 Å². The second kappa shape index (κ2) is 10.4. The van der Waals surface area contributed by atoms with Crippen molar-refractivity contribution in [1.82, 2.24) is 0 Å². The van der Waals surface area contributed by atoms with Crippen LogP contribution in [-0.4, -0.2) is 0 Å². The summed E-state index contributed by atoms with van der Waals surface area (Å²) in [4.78, 5) is 0. The van der Waals surface area contributed by atoms with E-state index < -0.39 is 0 Å². The molecule has 230 valence electrons. The smallest absolute Gasteiger partial charge is 0.00106 e. The molecular weight excluding hydrogens is 492 g/mol. The third kappa shape index (κ3) is 4.18. The van der Waals surface area contributed by atoms with E-state index in [9.17, 15) is 0 Å². The lowest BCUT2D eigenvalue weighted by atomic mass is 9.36. The van der Waals surface area contributed by atoms with Gasteiger partial charge in [-0.25, -0.2) is 0 Å². The van der Waals surface area contributed by atoms with Gasteiger partial charge in [0.25, 0.3) is 0 Å². The summed E-state index contributed by atoms with van der Waals surface area (Å²) in [6.45, 7) is 43.6. The third-order valence-electron chi connectivity index (χ3n) is 15.6. The Morgan fingerprint density at radius 3 is 1.98 bits per heavy atom. The minimum Gasteiger partial charge on any atom is -0.100 e. The summed E-state index contributed by atoms with van der Waals surface area (Å²) in [6.07, 6.45) is 16.6. The fourth-order valence-corrected chi connectivity index (χ4v) is 11.8. The summed E-state index contributed by atoms with van der Waals surface area (Å²) in [7, 11) is 0. The van der Waals surface area contributed by atoms with Crippen molar-refractivity contribution in [2.24, 2.45) is 56.2 Å². The summed E-state index contributed by atoms with van der Waals surface area (Å²) in [6, 6.07) is 0. The van der Waals surface area contributed by atoms with Gasteiger partial charge in [-0.05, 0) is 139 Å². The van der Waals surface area contributed by atoms with Crippen molar-refractivity contribution in [1.29, 1.82) is 0 Å². The average molecular weight is 559 g/mol. The topological polar surface area (TPSA) is 0 Å². The molecule has 9 atom stereocenters. The molecule has 0 radical (unpaired) electrons. The molecule has 4 aliphatic carbocycles. The van der Waals surface area contributed by atoms with Crippen molar-refractivity contribution in [2.75, 3.05) is 0 Å². The molecule has 2 fully saturated rings. The van der Waals surface area contributed by atoms with Gasteiger partial charge < -0.3 is 0 Å². The molecule has 0 aromatic carbocycles. The van der Waals surface area contributed by atoms with E-state index in [4.69, 9.17) is 0 Å². The lowest BCUT2D eigenvalue weighted by molar-refractivity contribution is -0.127. The lowest BCUT2D eigenvalue weighted by Crippen LogP contribution is -2.60. The van der Waals surface area contributed by atoms with Crippen molar-refractivity contribution >= 4 is 0 Å². The predicted molar refractivity (Wildman–Crippen MR) is 182 cm³/mol. The lowest BCUT2D eigenvalue weighted by Gasteiger charge is -2.68. The van der Waals surface area contributed by atoms with E-state index in [0.717, 1.165) is 12.3 Å². The van der Waals surface area contributed by atoms with Crippen LogP contribution in [0.4, 0.5) is 0 Å². The molecule has 0 aliphatic heterocycles. The van der Waals surface area contributed by atoms with Gasteiger partial charge in [0.2, 0.25) is 0 Å². The molecule has 0 heteroatoms. The van der Waals surface area contributed by atoms with Crippen molar-refractivity contribution in [2.45, 2.75) is 141 Å². The van der Waals surface area contributed by atoms with Crippen LogP contribution in [0.5, 0.6) is 0 Å². The molecule has 0 unspecified atom stereocenters. The van der Waals surface area contributed by atoms with Gasteiger partial charge in [-0.3, -0.25) is 0 Å². The molecule has 0 heterocycles. The fourth-order valence-electron chi connectivity index (χ4n) is 11.8. The third-order valence-corrected chi connectivity index (χ3v) is 15.6. The molecule has 4 aliphatic rings. The molecule has 0 aromatic heterocycles. The highest BCUT2D eigenvalue weighted by Crippen LogP contribution is 2.79. The summed E-state index contributed by atoms with van der Waals surface area (Å²) < 4.78 is 0. The fraction of sp³-hybridized carbons (Fsp3) is 0.756. The minimum atomic E-state index is 0.190. The van der Waals surface area contributed by atoms with Crippen molar-refractivity contribution in [3.63, 3.8) is 0 Å². The van der Waals surface area contributed by atoms with Gasteiger partial charge in [-0.15, -0.1) is 6.58 Å². The molecule has 0 N–H and O–H groups in total. The first kappa shape index (κ1) is 32.6. The zero-order chi connectivity index (χ0) is 31.0. The molecule has 4 rings (SSSR count). The van der Waals surface area contributed by atoms with Crippen molar-refractivity contribution in [3.05, 3.63) is 59.8 Å². The summed E-state index contributed by atoms with van der Waals surface area (Å²) in [5.41, 5.74) is 8.98. The SMILES string of the molecule is C=C(C)C[C@H]1CC[C@]2(C)C3=CC[C@]4(C)[C@@](C)([C@@H](CCC(=C)C(C)C)C(=C)C)[C@H](C)C[C@@]4(C)C3=CC[C@@]2(C)[C@@]1(C)CC. The maximum atomic E-state index is 4.64. The van der Waals surface area contributed by atoms with Crippen LogP contribution >= 0.6 is 0 Å². The van der Waals surface area contributed by atoms with E-state index in [-0.39, 0.29) is 27.1 Å². The van der Waals surface area contributed by atoms with Crippen LogP contribution < -0.4 is 0 Å². The zero-order valence-corrected chi connectivity index (χ0v) is 29.4. The van der Waals surface area contributed by atoms with E-state index >= 15 is 0 Å². The molecule has 0 nitrogen and oxygen atoms in total. The Morgan fingerprint density at radius 2 is 1.46 bits per heavy atom. The van der Waals surface area contributed by atoms with Gasteiger partial charge in [0, 0.05) is 0 Å². The second-order valence-corrected chi connectivity index (χ2v) is 17.3. The standard InChI is InChI=1S/C41H66/c1-16-36(10)32(25-27(2)3)19-22-37(11)34-21-24-40(14)38(12,35(34)20-23-39(36,37)13)26-31(9)41(40,15)33(29(6)7)18-17-30(8)28(4)5/h20-21,28,31-33H,2,6,8,16-19,22-26H2,1,3-5,7,9-15H3/t31-,32-,33+,36+,37-,38+,39+,40+,41-/m1/s1. The van der Waals surface area contributed by atoms with E-state index in [0.29, 0.717) is 23.2 Å². The Labute approximate surface area is 256 Å². The Morgan fingerprint density at radius 1 is 0.902 bits per heavy atom. The number of allylic oxidation sites excluding steroid dienone is 7. The van der Waals surface area contributed by atoms with Gasteiger partial charge in [-0.2, -0.15) is 0 Å². The molecular formula is C41H66. The molecule has 0 spiro atoms. The van der Waals surface area contributed by atoms with E-state index in [1.807, 2.05) is 0 Å². The quantitative estimate of drug-likeness (QED) is 0.247. The number of fused-ring (bicyclic) bond motifs is 5. The first-order valence-electron chi connectivity index (χ1n) is 17.2. The van der Waals surface area contributed by atoms with Crippen LogP contribution in [0.3, 0.4) is 0 Å². The van der Waals surface area contributed by atoms with Crippen LogP contribution in [0.15, 0.2) is 59.8 Å². The van der Waals surface area contributed by atoms with Gasteiger partial charge >= 0.3 is 0 Å². The maximum absolute atomic E-state index is 4.64. The normalized spacial score (nSPS) is 44.3. The Kier molecular flexibility index (Phi) is 8.28. The van der Waals surface area contributed by atoms with Crippen LogP contribution in [0.1, 0.15) is 141 Å². The van der Waals surface area contributed by atoms with Gasteiger partial charge in [0.15, 0.2) is 0 Å². The first-order chi connectivity index (χ1) is 18.8. The average Bonchev–Trinajstić information content (AvgIpc) is 3.04. The van der Waals surface area contributed by atoms with Gasteiger partial charge in [0.1, 0.15) is 0 Å². The number of hydrogen-bond acceptors (Lipinski definition) is 0. The van der Waals surface area contributed by atoms with Crippen LogP contribution in [-0.2, 0) is 0 Å². The Hall–Kier alpha value is -1.30. The van der Waals surface area contributed by atoms with Crippen molar-refractivity contribution < 1.29 is 0 Å². The summed E-state index contributed by atoms with van der Waals surface area (Å²) >= 11 is 0. The minimum absolute atomic E-state index is 0.190. The largest absolute Gasteiger partial charge is 0.100 e. The van der Waals surface area contributed by atoms with Crippen LogP contribution in [0.2, 0.25) is 0 Å². The van der Waals surface area contributed by atoms with Crippen LogP contribution in [0.25, 0.3) is 0 Å². The molecule has 0 amide bonds. The molecule has 41 heavy (non-hydrogen) atoms. The second-order valence-electron chi connectivity index (χ2n) is 17.3. The highest BCUT2D eigenvalue weighted by Gasteiger charge is 2.71. The molecule has 0 aromatic rings. The summed E-state index contributed by atoms with van der Waals surface area (Å²) in [5, 5.41) is 0. The van der Waals surface area contributed by atoms with E-state index in [1.54, 1.807) is 11.1 Å². The molecule has 0 saturated heterocycles. The van der Waals surface area contributed by atoms with Crippen molar-refractivity contribution in [3.8, 4) is 0 Å².